The van der Waals surface area contributed by atoms with Gasteiger partial charge in [-0.1, -0.05) is 22.9 Å². The zero-order chi connectivity index (χ0) is 18.9. The Hall–Kier alpha value is -2.52. The van der Waals surface area contributed by atoms with Gasteiger partial charge in [0, 0.05) is 16.8 Å². The number of urea groups is 1. The van der Waals surface area contributed by atoms with E-state index >= 15 is 0 Å². The largest absolute Gasteiger partial charge is 0.573 e. The zero-order valence-electron chi connectivity index (χ0n) is 13.1. The third-order valence-electron chi connectivity index (χ3n) is 3.11. The summed E-state index contributed by atoms with van der Waals surface area (Å²) in [6, 6.07) is 8.29. The fourth-order valence-electron chi connectivity index (χ4n) is 2.22. The number of carbonyl (C=O) groups is 1. The van der Waals surface area contributed by atoms with Gasteiger partial charge in [-0.2, -0.15) is 0 Å². The van der Waals surface area contributed by atoms with Crippen molar-refractivity contribution in [2.24, 2.45) is 0 Å². The summed E-state index contributed by atoms with van der Waals surface area (Å²) in [7, 11) is 0. The van der Waals surface area contributed by atoms with E-state index < -0.39 is 12.4 Å². The maximum absolute atomic E-state index is 12.3. The summed E-state index contributed by atoms with van der Waals surface area (Å²) < 4.78 is 41.1. The molecule has 10 heteroatoms. The van der Waals surface area contributed by atoms with Crippen LogP contribution in [-0.2, 0) is 0 Å². The average Bonchev–Trinajstić information content (AvgIpc) is 2.85. The van der Waals surface area contributed by atoms with E-state index in [1.54, 1.807) is 18.2 Å². The molecule has 0 bridgehead atoms. The van der Waals surface area contributed by atoms with Crippen LogP contribution < -0.4 is 15.4 Å². The predicted molar refractivity (Wildman–Crippen MR) is 95.1 cm³/mol. The zero-order valence-corrected chi connectivity index (χ0v) is 14.7. The molecule has 0 unspecified atom stereocenters. The summed E-state index contributed by atoms with van der Waals surface area (Å²) in [6.07, 6.45) is -4.77. The first-order valence-electron chi connectivity index (χ1n) is 7.19. The molecule has 26 heavy (non-hydrogen) atoms. The molecule has 3 aromatic rings. The Kier molecular flexibility index (Phi) is 4.92. The molecule has 5 nitrogen and oxygen atoms in total. The standard InChI is InChI=1S/C16H11ClF3N3O2S/c1-8-4-9(17)6-10(5-8)21-14(24)23-15-22-12-3-2-11(7-13(12)26-15)25-16(18,19)20/h2-7H,1H3,(H2,21,22,23,24). The summed E-state index contributed by atoms with van der Waals surface area (Å²) in [5, 5.41) is 5.88. The number of fused-ring (bicyclic) bond motifs is 1. The lowest BCUT2D eigenvalue weighted by Gasteiger charge is -2.07. The first kappa shape index (κ1) is 18.3. The van der Waals surface area contributed by atoms with Crippen LogP contribution in [0, 0.1) is 6.92 Å². The molecule has 2 aromatic carbocycles. The van der Waals surface area contributed by atoms with Crippen molar-refractivity contribution in [2.75, 3.05) is 10.6 Å². The summed E-state index contributed by atoms with van der Waals surface area (Å²) in [5.41, 5.74) is 1.83. The van der Waals surface area contributed by atoms with Crippen LogP contribution in [0.25, 0.3) is 10.2 Å². The third kappa shape index (κ3) is 4.77. The number of nitrogens with zero attached hydrogens (tertiary/aromatic N) is 1. The van der Waals surface area contributed by atoms with E-state index in [1.165, 1.54) is 12.1 Å². The highest BCUT2D eigenvalue weighted by atomic mass is 35.5. The number of nitrogens with one attached hydrogen (secondary N) is 2. The number of amides is 2. The van der Waals surface area contributed by atoms with Crippen molar-refractivity contribution in [3.8, 4) is 5.75 Å². The van der Waals surface area contributed by atoms with Crippen molar-refractivity contribution < 1.29 is 22.7 Å². The van der Waals surface area contributed by atoms with Gasteiger partial charge in [-0.15, -0.1) is 13.2 Å². The van der Waals surface area contributed by atoms with Crippen LogP contribution in [0.3, 0.4) is 0 Å². The maximum atomic E-state index is 12.3. The van der Waals surface area contributed by atoms with Crippen molar-refractivity contribution >= 4 is 50.0 Å². The van der Waals surface area contributed by atoms with Crippen LogP contribution in [0.1, 0.15) is 5.56 Å². The molecule has 1 heterocycles. The smallest absolute Gasteiger partial charge is 0.406 e. The minimum absolute atomic E-state index is 0.236. The quantitative estimate of drug-likeness (QED) is 0.583. The van der Waals surface area contributed by atoms with E-state index in [4.69, 9.17) is 11.6 Å². The van der Waals surface area contributed by atoms with Gasteiger partial charge in [-0.25, -0.2) is 9.78 Å². The molecule has 136 valence electrons. The number of hydrogen-bond acceptors (Lipinski definition) is 4. The van der Waals surface area contributed by atoms with Gasteiger partial charge >= 0.3 is 12.4 Å². The molecule has 0 saturated carbocycles. The van der Waals surface area contributed by atoms with Crippen molar-refractivity contribution in [3.05, 3.63) is 47.0 Å². The van der Waals surface area contributed by atoms with E-state index in [1.807, 2.05) is 6.92 Å². The summed E-state index contributed by atoms with van der Waals surface area (Å²) in [4.78, 5) is 16.2. The third-order valence-corrected chi connectivity index (χ3v) is 4.27. The second-order valence-corrected chi connectivity index (χ2v) is 6.76. The molecular weight excluding hydrogens is 391 g/mol. The van der Waals surface area contributed by atoms with Gasteiger partial charge in [-0.05, 0) is 42.8 Å². The SMILES string of the molecule is Cc1cc(Cl)cc(NC(=O)Nc2nc3ccc(OC(F)(F)F)cc3s2)c1. The van der Waals surface area contributed by atoms with Crippen molar-refractivity contribution in [3.63, 3.8) is 0 Å². The van der Waals surface area contributed by atoms with E-state index in [9.17, 15) is 18.0 Å². The van der Waals surface area contributed by atoms with E-state index in [-0.39, 0.29) is 10.9 Å². The molecule has 1 aromatic heterocycles. The molecule has 0 spiro atoms. The molecule has 2 N–H and O–H groups in total. The molecular formula is C16H11ClF3N3O2S. The molecule has 0 aliphatic carbocycles. The number of carbonyl (C=O) groups excluding carboxylic acids is 1. The first-order valence-corrected chi connectivity index (χ1v) is 8.39. The van der Waals surface area contributed by atoms with Crippen LogP contribution in [0.4, 0.5) is 28.8 Å². The second kappa shape index (κ2) is 7.00. The van der Waals surface area contributed by atoms with Gasteiger partial charge in [0.2, 0.25) is 0 Å². The number of ether oxygens (including phenoxy) is 1. The lowest BCUT2D eigenvalue weighted by molar-refractivity contribution is -0.274. The van der Waals surface area contributed by atoms with Crippen LogP contribution in [0.5, 0.6) is 5.75 Å². The van der Waals surface area contributed by atoms with Gasteiger partial charge in [0.25, 0.3) is 0 Å². The van der Waals surface area contributed by atoms with Crippen LogP contribution in [0.15, 0.2) is 36.4 Å². The summed E-state index contributed by atoms with van der Waals surface area (Å²) >= 11 is 6.96. The first-order chi connectivity index (χ1) is 12.2. The number of anilines is 2. The average molecular weight is 402 g/mol. The van der Waals surface area contributed by atoms with E-state index in [0.717, 1.165) is 23.0 Å². The maximum Gasteiger partial charge on any atom is 0.573 e. The molecule has 0 saturated heterocycles. The Balaban J connectivity index is 1.73. The Morgan fingerprint density at radius 3 is 2.65 bits per heavy atom. The molecule has 2 amide bonds. The fraction of sp³-hybridized carbons (Fsp3) is 0.125. The number of benzene rings is 2. The van der Waals surface area contributed by atoms with Gasteiger partial charge < -0.3 is 10.1 Å². The van der Waals surface area contributed by atoms with Gasteiger partial charge in [0.15, 0.2) is 5.13 Å². The normalized spacial score (nSPS) is 11.4. The molecule has 0 fully saturated rings. The van der Waals surface area contributed by atoms with Crippen LogP contribution in [0.2, 0.25) is 5.02 Å². The Morgan fingerprint density at radius 2 is 1.96 bits per heavy atom. The number of alkyl halides is 3. The minimum atomic E-state index is -4.77. The Morgan fingerprint density at radius 1 is 1.19 bits per heavy atom. The van der Waals surface area contributed by atoms with E-state index in [0.29, 0.717) is 20.9 Å². The topological polar surface area (TPSA) is 63.2 Å². The van der Waals surface area contributed by atoms with Gasteiger partial charge in [0.1, 0.15) is 5.75 Å². The molecule has 0 aliphatic heterocycles. The second-order valence-electron chi connectivity index (χ2n) is 5.29. The number of hydrogen-bond donors (Lipinski definition) is 2. The molecule has 0 atom stereocenters. The van der Waals surface area contributed by atoms with Crippen LogP contribution >= 0.6 is 22.9 Å². The van der Waals surface area contributed by atoms with E-state index in [2.05, 4.69) is 20.4 Å². The lowest BCUT2D eigenvalue weighted by atomic mass is 10.2. The molecule has 0 radical (unpaired) electrons. The number of aryl methyl sites for hydroxylation is 1. The van der Waals surface area contributed by atoms with Gasteiger partial charge in [-0.3, -0.25) is 5.32 Å². The van der Waals surface area contributed by atoms with Crippen LogP contribution in [-0.4, -0.2) is 17.4 Å². The Bertz CT molecular complexity index is 955. The minimum Gasteiger partial charge on any atom is -0.406 e. The predicted octanol–water partition coefficient (Wildman–Crippen LogP) is 5.80. The van der Waals surface area contributed by atoms with Crippen molar-refractivity contribution in [1.29, 1.82) is 0 Å². The highest BCUT2D eigenvalue weighted by molar-refractivity contribution is 7.22. The number of rotatable bonds is 3. The number of thiazole rings is 1. The molecule has 0 aliphatic rings. The number of aromatic nitrogens is 1. The van der Waals surface area contributed by atoms with Crippen molar-refractivity contribution in [2.45, 2.75) is 13.3 Å². The summed E-state index contributed by atoms with van der Waals surface area (Å²) in [6.45, 7) is 1.84. The summed E-state index contributed by atoms with van der Waals surface area (Å²) in [5.74, 6) is -0.348. The van der Waals surface area contributed by atoms with Gasteiger partial charge in [0.05, 0.1) is 10.2 Å². The van der Waals surface area contributed by atoms with Crippen molar-refractivity contribution in [1.82, 2.24) is 4.98 Å². The highest BCUT2D eigenvalue weighted by Gasteiger charge is 2.31. The lowest BCUT2D eigenvalue weighted by Crippen LogP contribution is -2.19. The number of halogens is 4. The fourth-order valence-corrected chi connectivity index (χ4v) is 3.40. The highest BCUT2D eigenvalue weighted by Crippen LogP contribution is 2.31. The molecule has 3 rings (SSSR count). The Labute approximate surface area is 154 Å². The monoisotopic (exact) mass is 401 g/mol.